The average molecular weight is 236 g/mol. The standard InChI is InChI=1S/C10H20O6/c1-5(11)6-8(2,13)9(3,14)7(12)10(4,15)16-6/h5-7,11-15H,1-4H3/t5?,6-,7-,8+,9-,10-/m1/s1. The third kappa shape index (κ3) is 1.75. The van der Waals surface area contributed by atoms with E-state index in [0.29, 0.717) is 0 Å². The van der Waals surface area contributed by atoms with E-state index in [-0.39, 0.29) is 0 Å². The van der Waals surface area contributed by atoms with Gasteiger partial charge in [0.05, 0.1) is 6.10 Å². The van der Waals surface area contributed by atoms with Gasteiger partial charge in [-0.25, -0.2) is 0 Å². The molecule has 0 saturated carbocycles. The fraction of sp³-hybridized carbons (Fsp3) is 1.00. The largest absolute Gasteiger partial charge is 0.391 e. The summed E-state index contributed by atoms with van der Waals surface area (Å²) in [6.07, 6.45) is -4.01. The summed E-state index contributed by atoms with van der Waals surface area (Å²) in [7, 11) is 0. The van der Waals surface area contributed by atoms with Crippen LogP contribution in [0.1, 0.15) is 27.7 Å². The van der Waals surface area contributed by atoms with Gasteiger partial charge in [0.1, 0.15) is 23.4 Å². The van der Waals surface area contributed by atoms with Crippen molar-refractivity contribution in [2.75, 3.05) is 0 Å². The minimum absolute atomic E-state index is 1.11. The Hall–Kier alpha value is -0.240. The van der Waals surface area contributed by atoms with Crippen LogP contribution in [0.15, 0.2) is 0 Å². The second kappa shape index (κ2) is 3.63. The van der Waals surface area contributed by atoms with Gasteiger partial charge in [0.25, 0.3) is 0 Å². The van der Waals surface area contributed by atoms with Crippen molar-refractivity contribution in [2.45, 2.75) is 63.0 Å². The minimum Gasteiger partial charge on any atom is -0.391 e. The number of aliphatic hydroxyl groups is 5. The zero-order valence-corrected chi connectivity index (χ0v) is 9.88. The third-order valence-electron chi connectivity index (χ3n) is 3.42. The Labute approximate surface area is 94.1 Å². The van der Waals surface area contributed by atoms with E-state index in [2.05, 4.69) is 0 Å². The first kappa shape index (κ1) is 13.8. The maximum absolute atomic E-state index is 10.1. The van der Waals surface area contributed by atoms with Gasteiger partial charge in [0, 0.05) is 0 Å². The highest BCUT2D eigenvalue weighted by molar-refractivity contribution is 5.11. The van der Waals surface area contributed by atoms with Crippen molar-refractivity contribution in [1.29, 1.82) is 0 Å². The van der Waals surface area contributed by atoms with E-state index in [1.165, 1.54) is 20.8 Å². The fourth-order valence-corrected chi connectivity index (χ4v) is 2.09. The number of hydrogen-bond donors (Lipinski definition) is 5. The van der Waals surface area contributed by atoms with Gasteiger partial charge < -0.3 is 30.3 Å². The van der Waals surface area contributed by atoms with Gasteiger partial charge in [-0.15, -0.1) is 0 Å². The lowest BCUT2D eigenvalue weighted by molar-refractivity contribution is -0.396. The Bertz CT molecular complexity index is 264. The van der Waals surface area contributed by atoms with Crippen molar-refractivity contribution in [3.05, 3.63) is 0 Å². The molecule has 6 atom stereocenters. The van der Waals surface area contributed by atoms with E-state index < -0.39 is 35.3 Å². The average Bonchev–Trinajstić information content (AvgIpc) is 2.10. The molecule has 0 bridgehead atoms. The lowest BCUT2D eigenvalue weighted by Crippen LogP contribution is -2.76. The zero-order chi connectivity index (χ0) is 12.9. The van der Waals surface area contributed by atoms with E-state index in [1.54, 1.807) is 0 Å². The van der Waals surface area contributed by atoms with E-state index in [9.17, 15) is 25.5 Å². The summed E-state index contributed by atoms with van der Waals surface area (Å²) in [4.78, 5) is 0. The Kier molecular flexibility index (Phi) is 3.13. The maximum Gasteiger partial charge on any atom is 0.192 e. The Balaban J connectivity index is 3.19. The summed E-state index contributed by atoms with van der Waals surface area (Å²) in [5, 5.41) is 49.2. The van der Waals surface area contributed by atoms with Gasteiger partial charge in [-0.2, -0.15) is 0 Å². The second-order valence-electron chi connectivity index (χ2n) is 5.03. The Morgan fingerprint density at radius 3 is 1.88 bits per heavy atom. The summed E-state index contributed by atoms with van der Waals surface area (Å²) < 4.78 is 5.04. The van der Waals surface area contributed by atoms with Crippen molar-refractivity contribution in [3.63, 3.8) is 0 Å². The van der Waals surface area contributed by atoms with Crippen LogP contribution in [0.4, 0.5) is 0 Å². The third-order valence-corrected chi connectivity index (χ3v) is 3.42. The zero-order valence-electron chi connectivity index (χ0n) is 9.88. The van der Waals surface area contributed by atoms with Crippen molar-refractivity contribution in [1.82, 2.24) is 0 Å². The van der Waals surface area contributed by atoms with Gasteiger partial charge in [-0.1, -0.05) is 0 Å². The fourth-order valence-electron chi connectivity index (χ4n) is 2.09. The molecule has 1 aliphatic rings. The van der Waals surface area contributed by atoms with Crippen LogP contribution in [0, 0.1) is 0 Å². The molecular formula is C10H20O6. The topological polar surface area (TPSA) is 110 Å². The molecule has 1 fully saturated rings. The molecule has 0 aromatic heterocycles. The van der Waals surface area contributed by atoms with Crippen LogP contribution in [0.3, 0.4) is 0 Å². The number of rotatable bonds is 1. The molecule has 0 spiro atoms. The molecule has 0 aromatic carbocycles. The highest BCUT2D eigenvalue weighted by Gasteiger charge is 2.64. The molecule has 0 aromatic rings. The van der Waals surface area contributed by atoms with Crippen LogP contribution in [-0.4, -0.2) is 60.8 Å². The predicted octanol–water partition coefficient (Wildman–Crippen LogP) is -1.66. The van der Waals surface area contributed by atoms with Crippen molar-refractivity contribution in [3.8, 4) is 0 Å². The van der Waals surface area contributed by atoms with E-state index in [4.69, 9.17) is 4.74 Å². The van der Waals surface area contributed by atoms with E-state index in [0.717, 1.165) is 6.92 Å². The first-order valence-electron chi connectivity index (χ1n) is 5.15. The number of hydrogen-bond acceptors (Lipinski definition) is 6. The van der Waals surface area contributed by atoms with Gasteiger partial charge in [-0.3, -0.25) is 0 Å². The molecule has 1 rings (SSSR count). The number of aliphatic hydroxyl groups excluding tert-OH is 2. The summed E-state index contributed by atoms with van der Waals surface area (Å²) in [5.74, 6) is -2.03. The van der Waals surface area contributed by atoms with Crippen LogP contribution in [0.5, 0.6) is 0 Å². The summed E-state index contributed by atoms with van der Waals surface area (Å²) >= 11 is 0. The van der Waals surface area contributed by atoms with E-state index in [1.807, 2.05) is 0 Å². The van der Waals surface area contributed by atoms with Crippen LogP contribution in [0.25, 0.3) is 0 Å². The molecule has 0 amide bonds. The molecule has 1 heterocycles. The molecule has 0 radical (unpaired) electrons. The Morgan fingerprint density at radius 2 is 1.50 bits per heavy atom. The lowest BCUT2D eigenvalue weighted by Gasteiger charge is -2.55. The second-order valence-corrected chi connectivity index (χ2v) is 5.03. The van der Waals surface area contributed by atoms with Gasteiger partial charge in [-0.05, 0) is 27.7 Å². The molecule has 6 nitrogen and oxygen atoms in total. The monoisotopic (exact) mass is 236 g/mol. The number of ether oxygens (including phenoxy) is 1. The van der Waals surface area contributed by atoms with Crippen molar-refractivity contribution >= 4 is 0 Å². The maximum atomic E-state index is 10.1. The summed E-state index contributed by atoms with van der Waals surface area (Å²) in [6, 6.07) is 0. The Morgan fingerprint density at radius 1 is 1.06 bits per heavy atom. The highest BCUT2D eigenvalue weighted by atomic mass is 16.7. The molecule has 1 saturated heterocycles. The minimum atomic E-state index is -2.03. The molecule has 1 unspecified atom stereocenters. The summed E-state index contributed by atoms with van der Waals surface area (Å²) in [6.45, 7) is 4.95. The molecular weight excluding hydrogens is 216 g/mol. The molecule has 96 valence electrons. The smallest absolute Gasteiger partial charge is 0.192 e. The summed E-state index contributed by atoms with van der Waals surface area (Å²) in [5.41, 5.74) is -3.89. The molecule has 6 heteroatoms. The lowest BCUT2D eigenvalue weighted by atomic mass is 9.71. The molecule has 0 aliphatic carbocycles. The van der Waals surface area contributed by atoms with Gasteiger partial charge in [0.15, 0.2) is 5.79 Å². The first-order chi connectivity index (χ1) is 6.94. The van der Waals surface area contributed by atoms with E-state index >= 15 is 0 Å². The molecule has 1 aliphatic heterocycles. The quantitative estimate of drug-likeness (QED) is 0.372. The van der Waals surface area contributed by atoms with Crippen LogP contribution >= 0.6 is 0 Å². The molecule has 16 heavy (non-hydrogen) atoms. The van der Waals surface area contributed by atoms with Crippen LogP contribution in [0.2, 0.25) is 0 Å². The van der Waals surface area contributed by atoms with Gasteiger partial charge >= 0.3 is 0 Å². The normalized spacial score (nSPS) is 56.1. The van der Waals surface area contributed by atoms with Crippen LogP contribution < -0.4 is 0 Å². The van der Waals surface area contributed by atoms with Gasteiger partial charge in [0.2, 0.25) is 0 Å². The SMILES string of the molecule is CC(O)[C@H]1O[C@@](C)(O)[C@H](O)[C@@](C)(O)[C@@]1(C)O. The first-order valence-corrected chi connectivity index (χ1v) is 5.15. The predicted molar refractivity (Wildman–Crippen MR) is 54.4 cm³/mol. The van der Waals surface area contributed by atoms with Crippen molar-refractivity contribution < 1.29 is 30.3 Å². The molecule has 5 N–H and O–H groups in total. The highest BCUT2D eigenvalue weighted by Crippen LogP contribution is 2.42. The van der Waals surface area contributed by atoms with Crippen LogP contribution in [-0.2, 0) is 4.74 Å². The van der Waals surface area contributed by atoms with Crippen molar-refractivity contribution in [2.24, 2.45) is 0 Å².